The fourth-order valence-corrected chi connectivity index (χ4v) is 3.31. The minimum atomic E-state index is -0.595. The van der Waals surface area contributed by atoms with Gasteiger partial charge in [0.25, 0.3) is 0 Å². The molecule has 1 atom stereocenters. The van der Waals surface area contributed by atoms with E-state index in [1.54, 1.807) is 11.3 Å². The highest BCUT2D eigenvalue weighted by Crippen LogP contribution is 2.30. The zero-order valence-electron chi connectivity index (χ0n) is 10.7. The highest BCUT2D eigenvalue weighted by molar-refractivity contribution is 7.11. The summed E-state index contributed by atoms with van der Waals surface area (Å²) >= 11 is 13.2. The molecule has 0 amide bonds. The molecule has 1 heterocycles. The van der Waals surface area contributed by atoms with Crippen molar-refractivity contribution in [1.82, 2.24) is 4.98 Å². The van der Waals surface area contributed by atoms with Crippen molar-refractivity contribution in [2.45, 2.75) is 26.8 Å². The van der Waals surface area contributed by atoms with Gasteiger partial charge in [-0.25, -0.2) is 9.37 Å². The average Bonchev–Trinajstić information content (AvgIpc) is 2.65. The number of hydrogen-bond acceptors (Lipinski definition) is 3. The molecule has 0 fully saturated rings. The number of aromatic nitrogens is 1. The average molecular weight is 319 g/mol. The summed E-state index contributed by atoms with van der Waals surface area (Å²) in [4.78, 5) is 5.65. The van der Waals surface area contributed by atoms with Crippen molar-refractivity contribution >= 4 is 40.2 Å². The maximum atomic E-state index is 13.3. The second kappa shape index (κ2) is 5.65. The predicted molar refractivity (Wildman–Crippen MR) is 80.0 cm³/mol. The van der Waals surface area contributed by atoms with E-state index in [2.05, 4.69) is 10.3 Å². The van der Waals surface area contributed by atoms with E-state index in [9.17, 15) is 4.39 Å². The highest BCUT2D eigenvalue weighted by atomic mass is 35.5. The van der Waals surface area contributed by atoms with Gasteiger partial charge in [-0.2, -0.15) is 0 Å². The summed E-state index contributed by atoms with van der Waals surface area (Å²) in [5.41, 5.74) is 1.66. The molecule has 0 saturated carbocycles. The first-order valence-corrected chi connectivity index (χ1v) is 7.30. The number of hydrogen-bond donors (Lipinski definition) is 1. The molecule has 1 N–H and O–H groups in total. The zero-order chi connectivity index (χ0) is 14.2. The summed E-state index contributed by atoms with van der Waals surface area (Å²) in [5, 5.41) is 4.27. The highest BCUT2D eigenvalue weighted by Gasteiger charge is 2.14. The molecule has 2 aromatic rings. The van der Waals surface area contributed by atoms with E-state index >= 15 is 0 Å². The summed E-state index contributed by atoms with van der Waals surface area (Å²) in [6.45, 7) is 6.00. The minimum Gasteiger partial charge on any atom is -0.377 e. The van der Waals surface area contributed by atoms with Crippen molar-refractivity contribution < 1.29 is 4.39 Å². The van der Waals surface area contributed by atoms with Gasteiger partial charge >= 0.3 is 0 Å². The van der Waals surface area contributed by atoms with Crippen molar-refractivity contribution in [2.75, 3.05) is 5.32 Å². The standard InChI is InChI=1S/C13H13Cl2FN2S/c1-6(13-7(2)19-8(3)18-13)17-9-4-10(14)12(16)11(15)5-9/h4-6,17H,1-3H3. The number of thiazole rings is 1. The molecule has 0 spiro atoms. The van der Waals surface area contributed by atoms with Crippen LogP contribution in [0.25, 0.3) is 0 Å². The van der Waals surface area contributed by atoms with Crippen LogP contribution in [0.1, 0.15) is 28.5 Å². The maximum Gasteiger partial charge on any atom is 0.160 e. The summed E-state index contributed by atoms with van der Waals surface area (Å²) in [6, 6.07) is 3.05. The van der Waals surface area contributed by atoms with Gasteiger partial charge in [0.2, 0.25) is 0 Å². The predicted octanol–water partition coefficient (Wildman–Crippen LogP) is 5.38. The quantitative estimate of drug-likeness (QED) is 0.768. The Morgan fingerprint density at radius 2 is 1.84 bits per heavy atom. The van der Waals surface area contributed by atoms with Crippen LogP contribution in [0, 0.1) is 19.7 Å². The number of anilines is 1. The summed E-state index contributed by atoms with van der Waals surface area (Å²) in [7, 11) is 0. The first kappa shape index (κ1) is 14.6. The summed E-state index contributed by atoms with van der Waals surface area (Å²) in [5.74, 6) is -0.595. The van der Waals surface area contributed by atoms with Gasteiger partial charge in [-0.3, -0.25) is 0 Å². The van der Waals surface area contributed by atoms with E-state index in [0.29, 0.717) is 5.69 Å². The van der Waals surface area contributed by atoms with Crippen LogP contribution in [0.2, 0.25) is 10.0 Å². The molecule has 0 aliphatic rings. The fraction of sp³-hybridized carbons (Fsp3) is 0.308. The smallest absolute Gasteiger partial charge is 0.160 e. The number of nitrogens with one attached hydrogen (secondary N) is 1. The lowest BCUT2D eigenvalue weighted by Crippen LogP contribution is -2.08. The number of aryl methyl sites for hydroxylation is 2. The molecular weight excluding hydrogens is 306 g/mol. The Labute approximate surface area is 125 Å². The summed E-state index contributed by atoms with van der Waals surface area (Å²) < 4.78 is 13.3. The van der Waals surface area contributed by atoms with Crippen molar-refractivity contribution in [3.05, 3.63) is 43.6 Å². The van der Waals surface area contributed by atoms with E-state index < -0.39 is 5.82 Å². The normalized spacial score (nSPS) is 12.5. The Bertz CT molecular complexity index is 590. The molecule has 0 radical (unpaired) electrons. The maximum absolute atomic E-state index is 13.3. The number of nitrogens with zero attached hydrogens (tertiary/aromatic N) is 1. The number of benzene rings is 1. The van der Waals surface area contributed by atoms with Gasteiger partial charge < -0.3 is 5.32 Å². The molecule has 2 nitrogen and oxygen atoms in total. The topological polar surface area (TPSA) is 24.9 Å². The number of halogens is 3. The lowest BCUT2D eigenvalue weighted by atomic mass is 10.2. The fourth-order valence-electron chi connectivity index (χ4n) is 1.90. The minimum absolute atomic E-state index is 0.00236. The van der Waals surface area contributed by atoms with E-state index in [-0.39, 0.29) is 16.1 Å². The molecule has 2 rings (SSSR count). The van der Waals surface area contributed by atoms with Gasteiger partial charge in [0.1, 0.15) is 0 Å². The monoisotopic (exact) mass is 318 g/mol. The number of rotatable bonds is 3. The Morgan fingerprint density at radius 3 is 2.32 bits per heavy atom. The largest absolute Gasteiger partial charge is 0.377 e. The van der Waals surface area contributed by atoms with Gasteiger partial charge in [0, 0.05) is 10.6 Å². The second-order valence-electron chi connectivity index (χ2n) is 4.29. The molecule has 0 aliphatic carbocycles. The van der Waals surface area contributed by atoms with Gasteiger partial charge in [0.15, 0.2) is 5.82 Å². The van der Waals surface area contributed by atoms with Gasteiger partial charge in [-0.15, -0.1) is 11.3 Å². The summed E-state index contributed by atoms with van der Waals surface area (Å²) in [6.07, 6.45) is 0. The lowest BCUT2D eigenvalue weighted by molar-refractivity contribution is 0.628. The van der Waals surface area contributed by atoms with Crippen LogP contribution in [-0.4, -0.2) is 4.98 Å². The van der Waals surface area contributed by atoms with Crippen molar-refractivity contribution in [1.29, 1.82) is 0 Å². The molecule has 0 bridgehead atoms. The second-order valence-corrected chi connectivity index (χ2v) is 6.52. The third kappa shape index (κ3) is 3.19. The molecule has 0 saturated heterocycles. The molecule has 6 heteroatoms. The van der Waals surface area contributed by atoms with E-state index in [0.717, 1.165) is 15.6 Å². The van der Waals surface area contributed by atoms with Crippen LogP contribution in [0.15, 0.2) is 12.1 Å². The van der Waals surface area contributed by atoms with Crippen LogP contribution in [-0.2, 0) is 0 Å². The first-order chi connectivity index (χ1) is 8.88. The van der Waals surface area contributed by atoms with Gasteiger partial charge in [-0.1, -0.05) is 23.2 Å². The third-order valence-electron chi connectivity index (χ3n) is 2.72. The zero-order valence-corrected chi connectivity index (χ0v) is 13.0. The Kier molecular flexibility index (Phi) is 4.33. The van der Waals surface area contributed by atoms with Crippen LogP contribution < -0.4 is 5.32 Å². The Balaban J connectivity index is 2.24. The van der Waals surface area contributed by atoms with Crippen LogP contribution in [0.3, 0.4) is 0 Å². The molecule has 1 aromatic carbocycles. The Hall–Kier alpha value is -0.840. The van der Waals surface area contributed by atoms with Crippen molar-refractivity contribution in [3.63, 3.8) is 0 Å². The molecule has 1 aromatic heterocycles. The van der Waals surface area contributed by atoms with E-state index in [1.807, 2.05) is 20.8 Å². The van der Waals surface area contributed by atoms with E-state index in [4.69, 9.17) is 23.2 Å². The Morgan fingerprint density at radius 1 is 1.26 bits per heavy atom. The van der Waals surface area contributed by atoms with Crippen LogP contribution >= 0.6 is 34.5 Å². The molecule has 102 valence electrons. The van der Waals surface area contributed by atoms with Gasteiger partial charge in [-0.05, 0) is 32.9 Å². The SMILES string of the molecule is Cc1nc(C(C)Nc2cc(Cl)c(F)c(Cl)c2)c(C)s1. The van der Waals surface area contributed by atoms with Crippen molar-refractivity contribution in [3.8, 4) is 0 Å². The third-order valence-corrected chi connectivity index (χ3v) is 4.17. The first-order valence-electron chi connectivity index (χ1n) is 5.73. The van der Waals surface area contributed by atoms with Crippen LogP contribution in [0.4, 0.5) is 10.1 Å². The van der Waals surface area contributed by atoms with Crippen LogP contribution in [0.5, 0.6) is 0 Å². The molecule has 0 aliphatic heterocycles. The lowest BCUT2D eigenvalue weighted by Gasteiger charge is -2.15. The van der Waals surface area contributed by atoms with Crippen molar-refractivity contribution in [2.24, 2.45) is 0 Å². The van der Waals surface area contributed by atoms with Gasteiger partial charge in [0.05, 0.1) is 26.8 Å². The molecule has 19 heavy (non-hydrogen) atoms. The molecule has 1 unspecified atom stereocenters. The van der Waals surface area contributed by atoms with E-state index in [1.165, 1.54) is 12.1 Å². The molecular formula is C13H13Cl2FN2S.